The second-order valence-electron chi connectivity index (χ2n) is 6.24. The SMILES string of the molecule is Cc1coc(CC(=O)O)c1C(=O)N(Cc1ccco1)C1CCCC1. The lowest BCUT2D eigenvalue weighted by Crippen LogP contribution is -2.38. The van der Waals surface area contributed by atoms with Gasteiger partial charge in [0.05, 0.1) is 24.6 Å². The number of aliphatic carboxylic acids is 1. The molecule has 24 heavy (non-hydrogen) atoms. The Morgan fingerprint density at radius 2 is 2.04 bits per heavy atom. The van der Waals surface area contributed by atoms with Crippen LogP contribution in [0.25, 0.3) is 0 Å². The summed E-state index contributed by atoms with van der Waals surface area (Å²) in [6.07, 6.45) is 6.85. The number of hydrogen-bond acceptors (Lipinski definition) is 4. The number of carboxylic acids is 1. The molecule has 0 bridgehead atoms. The zero-order chi connectivity index (χ0) is 17.1. The summed E-state index contributed by atoms with van der Waals surface area (Å²) in [5, 5.41) is 9.04. The average Bonchev–Trinajstić information content (AvgIpc) is 3.26. The standard InChI is InChI=1S/C18H21NO5/c1-12-11-24-15(9-16(20)21)17(12)18(22)19(13-5-2-3-6-13)10-14-7-4-8-23-14/h4,7-8,11,13H,2-3,5-6,9-10H2,1H3,(H,20,21). The van der Waals surface area contributed by atoms with Crippen molar-refractivity contribution in [2.24, 2.45) is 0 Å². The van der Waals surface area contributed by atoms with Gasteiger partial charge in [0, 0.05) is 11.6 Å². The zero-order valence-electron chi connectivity index (χ0n) is 13.7. The lowest BCUT2D eigenvalue weighted by molar-refractivity contribution is -0.136. The highest BCUT2D eigenvalue weighted by atomic mass is 16.4. The molecule has 2 aromatic heterocycles. The predicted molar refractivity (Wildman–Crippen MR) is 85.6 cm³/mol. The number of amides is 1. The van der Waals surface area contributed by atoms with Gasteiger partial charge in [-0.25, -0.2) is 0 Å². The van der Waals surface area contributed by atoms with Crippen molar-refractivity contribution in [2.45, 2.75) is 51.6 Å². The van der Waals surface area contributed by atoms with Gasteiger partial charge in [-0.05, 0) is 31.9 Å². The van der Waals surface area contributed by atoms with Crippen molar-refractivity contribution in [3.8, 4) is 0 Å². The van der Waals surface area contributed by atoms with Crippen molar-refractivity contribution in [1.82, 2.24) is 4.90 Å². The Labute approximate surface area is 140 Å². The lowest BCUT2D eigenvalue weighted by Gasteiger charge is -2.28. The number of aryl methyl sites for hydroxylation is 1. The molecule has 1 N–H and O–H groups in total. The van der Waals surface area contributed by atoms with Crippen molar-refractivity contribution in [3.05, 3.63) is 47.3 Å². The van der Waals surface area contributed by atoms with Gasteiger partial charge in [0.25, 0.3) is 5.91 Å². The van der Waals surface area contributed by atoms with Crippen molar-refractivity contribution in [3.63, 3.8) is 0 Å². The first kappa shape index (κ1) is 16.4. The van der Waals surface area contributed by atoms with Crippen molar-refractivity contribution in [2.75, 3.05) is 0 Å². The van der Waals surface area contributed by atoms with Gasteiger partial charge in [0.2, 0.25) is 0 Å². The van der Waals surface area contributed by atoms with E-state index in [0.717, 1.165) is 31.4 Å². The van der Waals surface area contributed by atoms with Crippen LogP contribution in [0.15, 0.2) is 33.5 Å². The van der Waals surface area contributed by atoms with E-state index in [1.807, 2.05) is 6.07 Å². The van der Waals surface area contributed by atoms with Crippen molar-refractivity contribution in [1.29, 1.82) is 0 Å². The highest BCUT2D eigenvalue weighted by Crippen LogP contribution is 2.29. The van der Waals surface area contributed by atoms with Crippen LogP contribution in [0.3, 0.4) is 0 Å². The lowest BCUT2D eigenvalue weighted by atomic mass is 10.1. The monoisotopic (exact) mass is 331 g/mol. The maximum absolute atomic E-state index is 13.2. The van der Waals surface area contributed by atoms with Gasteiger partial charge < -0.3 is 18.8 Å². The fourth-order valence-electron chi connectivity index (χ4n) is 3.35. The minimum absolute atomic E-state index is 0.148. The second-order valence-corrected chi connectivity index (χ2v) is 6.24. The van der Waals surface area contributed by atoms with Crippen LogP contribution in [0.4, 0.5) is 0 Å². The van der Waals surface area contributed by atoms with E-state index in [4.69, 9.17) is 13.9 Å². The van der Waals surface area contributed by atoms with E-state index in [1.165, 1.54) is 6.26 Å². The van der Waals surface area contributed by atoms with E-state index in [-0.39, 0.29) is 24.1 Å². The smallest absolute Gasteiger partial charge is 0.311 e. The largest absolute Gasteiger partial charge is 0.481 e. The molecule has 3 rings (SSSR count). The van der Waals surface area contributed by atoms with Crippen LogP contribution in [-0.2, 0) is 17.8 Å². The normalized spacial score (nSPS) is 14.9. The second kappa shape index (κ2) is 6.95. The summed E-state index contributed by atoms with van der Waals surface area (Å²) in [4.78, 5) is 26.0. The molecule has 2 aromatic rings. The van der Waals surface area contributed by atoms with E-state index in [1.54, 1.807) is 24.2 Å². The predicted octanol–water partition coefficient (Wildman–Crippen LogP) is 3.39. The Hall–Kier alpha value is -2.50. The Kier molecular flexibility index (Phi) is 4.74. The third kappa shape index (κ3) is 3.37. The van der Waals surface area contributed by atoms with E-state index in [2.05, 4.69) is 0 Å². The van der Waals surface area contributed by atoms with Crippen LogP contribution in [0, 0.1) is 6.92 Å². The van der Waals surface area contributed by atoms with E-state index < -0.39 is 5.97 Å². The van der Waals surface area contributed by atoms with E-state index in [9.17, 15) is 9.59 Å². The molecule has 0 aromatic carbocycles. The summed E-state index contributed by atoms with van der Waals surface area (Å²) in [7, 11) is 0. The van der Waals surface area contributed by atoms with Gasteiger partial charge in [-0.2, -0.15) is 0 Å². The molecule has 0 radical (unpaired) electrons. The third-order valence-corrected chi connectivity index (χ3v) is 4.51. The molecule has 128 valence electrons. The molecule has 0 atom stereocenters. The van der Waals surface area contributed by atoms with E-state index in [0.29, 0.717) is 17.7 Å². The topological polar surface area (TPSA) is 83.9 Å². The Balaban J connectivity index is 1.90. The minimum Gasteiger partial charge on any atom is -0.481 e. The van der Waals surface area contributed by atoms with Gasteiger partial charge in [-0.15, -0.1) is 0 Å². The highest BCUT2D eigenvalue weighted by Gasteiger charge is 2.31. The molecule has 0 saturated heterocycles. The summed E-state index contributed by atoms with van der Waals surface area (Å²) in [5.41, 5.74) is 1.04. The maximum Gasteiger partial charge on any atom is 0.311 e. The number of rotatable bonds is 6. The molecule has 1 fully saturated rings. The summed E-state index contributed by atoms with van der Waals surface area (Å²) in [5.74, 6) is -0.263. The molecular formula is C18H21NO5. The Bertz CT molecular complexity index is 710. The Morgan fingerprint density at radius 3 is 2.67 bits per heavy atom. The fourth-order valence-corrected chi connectivity index (χ4v) is 3.35. The number of carbonyl (C=O) groups excluding carboxylic acids is 1. The van der Waals surface area contributed by atoms with Crippen LogP contribution in [0.2, 0.25) is 0 Å². The summed E-state index contributed by atoms with van der Waals surface area (Å²) < 4.78 is 10.7. The quantitative estimate of drug-likeness (QED) is 0.877. The zero-order valence-corrected chi connectivity index (χ0v) is 13.7. The molecule has 0 aliphatic heterocycles. The molecule has 1 saturated carbocycles. The summed E-state index contributed by atoms with van der Waals surface area (Å²) in [6.45, 7) is 2.15. The molecule has 1 amide bonds. The first-order valence-electron chi connectivity index (χ1n) is 8.18. The van der Waals surface area contributed by atoms with Crippen LogP contribution in [-0.4, -0.2) is 27.9 Å². The van der Waals surface area contributed by atoms with E-state index >= 15 is 0 Å². The van der Waals surface area contributed by atoms with Crippen LogP contribution < -0.4 is 0 Å². The highest BCUT2D eigenvalue weighted by molar-refractivity contribution is 5.97. The molecule has 6 nitrogen and oxygen atoms in total. The van der Waals surface area contributed by atoms with Crippen LogP contribution in [0.5, 0.6) is 0 Å². The number of furan rings is 2. The van der Waals surface area contributed by atoms with Crippen LogP contribution >= 0.6 is 0 Å². The molecule has 0 spiro atoms. The Morgan fingerprint density at radius 1 is 1.29 bits per heavy atom. The van der Waals surface area contributed by atoms with Crippen molar-refractivity contribution >= 4 is 11.9 Å². The molecule has 6 heteroatoms. The third-order valence-electron chi connectivity index (χ3n) is 4.51. The molecule has 2 heterocycles. The molecule has 1 aliphatic carbocycles. The van der Waals surface area contributed by atoms with Gasteiger partial charge >= 0.3 is 5.97 Å². The van der Waals surface area contributed by atoms with Gasteiger partial charge in [-0.1, -0.05) is 12.8 Å². The summed E-state index contributed by atoms with van der Waals surface area (Å²) >= 11 is 0. The maximum atomic E-state index is 13.2. The number of hydrogen-bond donors (Lipinski definition) is 1. The first-order valence-corrected chi connectivity index (χ1v) is 8.18. The minimum atomic E-state index is -1.02. The molecular weight excluding hydrogens is 310 g/mol. The molecule has 0 unspecified atom stereocenters. The van der Waals surface area contributed by atoms with Gasteiger partial charge in [0.1, 0.15) is 17.9 Å². The van der Waals surface area contributed by atoms with Gasteiger partial charge in [0.15, 0.2) is 0 Å². The summed E-state index contributed by atoms with van der Waals surface area (Å²) in [6, 6.07) is 3.79. The van der Waals surface area contributed by atoms with Crippen molar-refractivity contribution < 1.29 is 23.5 Å². The fraction of sp³-hybridized carbons (Fsp3) is 0.444. The number of carboxylic acid groups (broad SMARTS) is 1. The average molecular weight is 331 g/mol. The van der Waals surface area contributed by atoms with Crippen LogP contribution in [0.1, 0.15) is 53.1 Å². The molecule has 1 aliphatic rings. The number of nitrogens with zero attached hydrogens (tertiary/aromatic N) is 1. The first-order chi connectivity index (χ1) is 11.6. The van der Waals surface area contributed by atoms with Gasteiger partial charge in [-0.3, -0.25) is 9.59 Å². The number of carbonyl (C=O) groups is 2.